The maximum atomic E-state index is 13.0. The van der Waals surface area contributed by atoms with Crippen molar-refractivity contribution >= 4 is 39.1 Å². The molecule has 0 unspecified atom stereocenters. The Kier molecular flexibility index (Phi) is 7.82. The van der Waals surface area contributed by atoms with E-state index in [4.69, 9.17) is 4.74 Å². The number of anilines is 2. The fraction of sp³-hybridized carbons (Fsp3) is 0.208. The molecule has 0 aliphatic carbocycles. The zero-order valence-electron chi connectivity index (χ0n) is 18.2. The number of hydrogen-bond donors (Lipinski definition) is 1. The molecule has 0 bridgehead atoms. The van der Waals surface area contributed by atoms with E-state index < -0.39 is 10.0 Å². The molecule has 0 atom stereocenters. The minimum atomic E-state index is -3.67. The number of carbonyl (C=O) groups excluding carboxylic acids is 1. The van der Waals surface area contributed by atoms with Crippen LogP contribution in [0.2, 0.25) is 0 Å². The fourth-order valence-electron chi connectivity index (χ4n) is 3.08. The van der Waals surface area contributed by atoms with E-state index in [1.807, 2.05) is 37.4 Å². The minimum absolute atomic E-state index is 0.151. The van der Waals surface area contributed by atoms with Crippen LogP contribution < -0.4 is 14.4 Å². The third-order valence-corrected chi connectivity index (χ3v) is 7.39. The molecule has 0 saturated heterocycles. The van der Waals surface area contributed by atoms with Crippen molar-refractivity contribution in [1.82, 2.24) is 0 Å². The van der Waals surface area contributed by atoms with Crippen molar-refractivity contribution in [3.05, 3.63) is 78.4 Å². The van der Waals surface area contributed by atoms with Crippen molar-refractivity contribution in [2.45, 2.75) is 23.6 Å². The highest BCUT2D eigenvalue weighted by Gasteiger charge is 2.23. The number of ether oxygens (including phenoxy) is 1. The van der Waals surface area contributed by atoms with Gasteiger partial charge >= 0.3 is 0 Å². The van der Waals surface area contributed by atoms with Gasteiger partial charge in [-0.3, -0.25) is 9.10 Å². The molecule has 3 aromatic carbocycles. The number of sulfonamides is 1. The van der Waals surface area contributed by atoms with Crippen molar-refractivity contribution in [3.8, 4) is 5.75 Å². The molecule has 8 heteroatoms. The number of rotatable bonds is 9. The van der Waals surface area contributed by atoms with Gasteiger partial charge in [0.05, 0.1) is 10.6 Å². The van der Waals surface area contributed by atoms with Crippen LogP contribution in [0.25, 0.3) is 0 Å². The predicted octanol–water partition coefficient (Wildman–Crippen LogP) is 4.95. The number of amides is 1. The number of thioether (sulfide) groups is 1. The second-order valence-corrected chi connectivity index (χ2v) is 9.79. The molecule has 32 heavy (non-hydrogen) atoms. The fourth-order valence-corrected chi connectivity index (χ4v) is 5.02. The van der Waals surface area contributed by atoms with Crippen LogP contribution in [0.1, 0.15) is 12.5 Å². The second kappa shape index (κ2) is 10.6. The standard InChI is InChI=1S/C24H26N2O4S2/c1-4-26(32(28,29)23-14-8-18(2)9-15-23)20-10-12-21(13-11-20)30-17-24(27)25-19-6-5-7-22(16-19)31-3/h5-16H,4,17H2,1-3H3,(H,25,27). The first-order valence-electron chi connectivity index (χ1n) is 10.1. The van der Waals surface area contributed by atoms with E-state index >= 15 is 0 Å². The minimum Gasteiger partial charge on any atom is -0.484 e. The van der Waals surface area contributed by atoms with Crippen LogP contribution in [0.4, 0.5) is 11.4 Å². The third kappa shape index (κ3) is 5.83. The van der Waals surface area contributed by atoms with Gasteiger partial charge in [-0.1, -0.05) is 23.8 Å². The van der Waals surface area contributed by atoms with Crippen molar-refractivity contribution in [3.63, 3.8) is 0 Å². The van der Waals surface area contributed by atoms with Crippen molar-refractivity contribution in [2.24, 2.45) is 0 Å². The quantitative estimate of drug-likeness (QED) is 0.448. The predicted molar refractivity (Wildman–Crippen MR) is 130 cm³/mol. The van der Waals surface area contributed by atoms with Gasteiger partial charge in [0.2, 0.25) is 0 Å². The SMILES string of the molecule is CCN(c1ccc(OCC(=O)Nc2cccc(SC)c2)cc1)S(=O)(=O)c1ccc(C)cc1. The Morgan fingerprint density at radius 1 is 1.03 bits per heavy atom. The van der Waals surface area contributed by atoms with Crippen LogP contribution in [0.3, 0.4) is 0 Å². The summed E-state index contributed by atoms with van der Waals surface area (Å²) < 4.78 is 33.0. The summed E-state index contributed by atoms with van der Waals surface area (Å²) in [5, 5.41) is 2.80. The first-order valence-corrected chi connectivity index (χ1v) is 12.8. The first-order chi connectivity index (χ1) is 15.3. The van der Waals surface area contributed by atoms with Crippen molar-refractivity contribution in [1.29, 1.82) is 0 Å². The van der Waals surface area contributed by atoms with Crippen LogP contribution >= 0.6 is 11.8 Å². The van der Waals surface area contributed by atoms with E-state index in [2.05, 4.69) is 5.32 Å². The Labute approximate surface area is 193 Å². The second-order valence-electron chi connectivity index (χ2n) is 7.05. The molecule has 6 nitrogen and oxygen atoms in total. The molecular formula is C24H26N2O4S2. The summed E-state index contributed by atoms with van der Waals surface area (Å²) in [4.78, 5) is 13.5. The van der Waals surface area contributed by atoms with Crippen LogP contribution in [0, 0.1) is 6.92 Å². The number of benzene rings is 3. The average molecular weight is 471 g/mol. The maximum absolute atomic E-state index is 13.0. The largest absolute Gasteiger partial charge is 0.484 e. The molecule has 1 N–H and O–H groups in total. The summed E-state index contributed by atoms with van der Waals surface area (Å²) in [6.45, 7) is 3.83. The number of nitrogens with one attached hydrogen (secondary N) is 1. The molecule has 0 fully saturated rings. The van der Waals surface area contributed by atoms with Crippen LogP contribution in [-0.2, 0) is 14.8 Å². The van der Waals surface area contributed by atoms with Crippen LogP contribution in [-0.4, -0.2) is 33.7 Å². The maximum Gasteiger partial charge on any atom is 0.264 e. The van der Waals surface area contributed by atoms with Gasteiger partial charge in [-0.15, -0.1) is 11.8 Å². The molecular weight excluding hydrogens is 444 g/mol. The zero-order chi connectivity index (χ0) is 23.1. The third-order valence-electron chi connectivity index (χ3n) is 4.74. The number of hydrogen-bond acceptors (Lipinski definition) is 5. The Balaban J connectivity index is 1.64. The lowest BCUT2D eigenvalue weighted by molar-refractivity contribution is -0.118. The van der Waals surface area contributed by atoms with Crippen LogP contribution in [0.5, 0.6) is 5.75 Å². The first kappa shape index (κ1) is 23.7. The summed E-state index contributed by atoms with van der Waals surface area (Å²) >= 11 is 1.60. The molecule has 0 spiro atoms. The molecule has 0 aromatic heterocycles. The zero-order valence-corrected chi connectivity index (χ0v) is 19.9. The van der Waals surface area contributed by atoms with Gasteiger partial charge in [-0.2, -0.15) is 0 Å². The van der Waals surface area contributed by atoms with Gasteiger partial charge < -0.3 is 10.1 Å². The highest BCUT2D eigenvalue weighted by molar-refractivity contribution is 7.98. The van der Waals surface area contributed by atoms with E-state index in [1.54, 1.807) is 67.2 Å². The Morgan fingerprint density at radius 3 is 2.34 bits per heavy atom. The number of carbonyl (C=O) groups is 1. The van der Waals surface area contributed by atoms with Gasteiger partial charge in [0.1, 0.15) is 5.75 Å². The van der Waals surface area contributed by atoms with E-state index in [9.17, 15) is 13.2 Å². The Bertz CT molecular complexity index is 1160. The lowest BCUT2D eigenvalue weighted by Crippen LogP contribution is -2.30. The molecule has 3 aromatic rings. The summed E-state index contributed by atoms with van der Waals surface area (Å²) in [7, 11) is -3.67. The monoisotopic (exact) mass is 470 g/mol. The van der Waals surface area contributed by atoms with Gasteiger partial charge in [-0.05, 0) is 74.7 Å². The van der Waals surface area contributed by atoms with Crippen molar-refractivity contribution < 1.29 is 17.9 Å². The summed E-state index contributed by atoms with van der Waals surface area (Å²) in [6.07, 6.45) is 1.97. The van der Waals surface area contributed by atoms with E-state index in [0.29, 0.717) is 17.1 Å². The Hall–Kier alpha value is -2.97. The lowest BCUT2D eigenvalue weighted by Gasteiger charge is -2.23. The summed E-state index contributed by atoms with van der Waals surface area (Å²) in [5.41, 5.74) is 2.23. The highest BCUT2D eigenvalue weighted by atomic mass is 32.2. The van der Waals surface area contributed by atoms with E-state index in [-0.39, 0.29) is 24.0 Å². The highest BCUT2D eigenvalue weighted by Crippen LogP contribution is 2.26. The van der Waals surface area contributed by atoms with Gasteiger partial charge in [-0.25, -0.2) is 8.42 Å². The van der Waals surface area contributed by atoms with Crippen molar-refractivity contribution in [2.75, 3.05) is 29.0 Å². The molecule has 0 aliphatic rings. The molecule has 0 radical (unpaired) electrons. The summed E-state index contributed by atoms with van der Waals surface area (Å²) in [6, 6.07) is 21.0. The van der Waals surface area contributed by atoms with Gasteiger partial charge in [0, 0.05) is 17.1 Å². The van der Waals surface area contributed by atoms with Crippen LogP contribution in [0.15, 0.2) is 82.6 Å². The normalized spacial score (nSPS) is 11.1. The average Bonchev–Trinajstić information content (AvgIpc) is 2.79. The van der Waals surface area contributed by atoms with E-state index in [1.165, 1.54) is 4.31 Å². The Morgan fingerprint density at radius 2 is 1.72 bits per heavy atom. The topological polar surface area (TPSA) is 75.7 Å². The van der Waals surface area contributed by atoms with Gasteiger partial charge in [0.15, 0.2) is 6.61 Å². The molecule has 0 heterocycles. The van der Waals surface area contributed by atoms with Gasteiger partial charge in [0.25, 0.3) is 15.9 Å². The van der Waals surface area contributed by atoms with E-state index in [0.717, 1.165) is 10.5 Å². The molecule has 3 rings (SSSR count). The molecule has 0 aliphatic heterocycles. The number of aryl methyl sites for hydroxylation is 1. The molecule has 1 amide bonds. The molecule has 168 valence electrons. The lowest BCUT2D eigenvalue weighted by atomic mass is 10.2. The summed E-state index contributed by atoms with van der Waals surface area (Å²) in [5.74, 6) is 0.204. The molecule has 0 saturated carbocycles. The smallest absolute Gasteiger partial charge is 0.264 e. The number of nitrogens with zero attached hydrogens (tertiary/aromatic N) is 1.